The lowest BCUT2D eigenvalue weighted by Crippen LogP contribution is -2.42. The topological polar surface area (TPSA) is 36.9 Å². The summed E-state index contributed by atoms with van der Waals surface area (Å²) in [5.41, 5.74) is 0. The van der Waals surface area contributed by atoms with E-state index in [0.717, 1.165) is 43.5 Å². The molecular formula is C18H34IN3O. The van der Waals surface area contributed by atoms with Crippen LogP contribution in [0.3, 0.4) is 0 Å². The summed E-state index contributed by atoms with van der Waals surface area (Å²) < 4.78 is 5.74. The van der Waals surface area contributed by atoms with Crippen molar-refractivity contribution >= 4 is 29.9 Å². The number of nitrogens with one attached hydrogen (secondary N) is 1. The van der Waals surface area contributed by atoms with Gasteiger partial charge in [0.1, 0.15) is 0 Å². The maximum absolute atomic E-state index is 5.74. The maximum atomic E-state index is 5.74. The van der Waals surface area contributed by atoms with E-state index >= 15 is 0 Å². The Labute approximate surface area is 158 Å². The van der Waals surface area contributed by atoms with Crippen LogP contribution in [-0.4, -0.2) is 50.8 Å². The summed E-state index contributed by atoms with van der Waals surface area (Å²) in [4.78, 5) is 6.66. The fourth-order valence-corrected chi connectivity index (χ4v) is 3.82. The summed E-state index contributed by atoms with van der Waals surface area (Å²) in [6, 6.07) is 0.664. The zero-order valence-corrected chi connectivity index (χ0v) is 17.1. The number of aliphatic imine (C=N–C) groups is 1. The Morgan fingerprint density at radius 3 is 2.57 bits per heavy atom. The van der Waals surface area contributed by atoms with Gasteiger partial charge >= 0.3 is 0 Å². The first-order valence-electron chi connectivity index (χ1n) is 9.30. The van der Waals surface area contributed by atoms with Crippen molar-refractivity contribution in [3.05, 3.63) is 0 Å². The number of guanidine groups is 1. The molecule has 23 heavy (non-hydrogen) atoms. The number of nitrogens with zero attached hydrogens (tertiary/aromatic N) is 2. The van der Waals surface area contributed by atoms with E-state index in [9.17, 15) is 0 Å². The van der Waals surface area contributed by atoms with Crippen molar-refractivity contribution < 1.29 is 4.74 Å². The summed E-state index contributed by atoms with van der Waals surface area (Å²) in [7, 11) is 4.01. The van der Waals surface area contributed by atoms with Gasteiger partial charge in [-0.15, -0.1) is 24.0 Å². The van der Waals surface area contributed by atoms with Crippen LogP contribution in [0.25, 0.3) is 0 Å². The zero-order chi connectivity index (χ0) is 15.4. The predicted octanol–water partition coefficient (Wildman–Crippen LogP) is 3.51. The molecule has 0 bridgehead atoms. The number of likely N-dealkylation sites (N-methyl/N-ethyl adjacent to an activating group) is 1. The summed E-state index contributed by atoms with van der Waals surface area (Å²) in [5.74, 6) is 3.76. The van der Waals surface area contributed by atoms with Crippen LogP contribution < -0.4 is 5.32 Å². The molecule has 0 aromatic heterocycles. The van der Waals surface area contributed by atoms with Crippen LogP contribution in [0, 0.1) is 17.8 Å². The first-order valence-corrected chi connectivity index (χ1v) is 9.30. The molecule has 0 saturated heterocycles. The monoisotopic (exact) mass is 435 g/mol. The Morgan fingerprint density at radius 1 is 1.17 bits per heavy atom. The third kappa shape index (κ3) is 6.07. The van der Waals surface area contributed by atoms with Crippen molar-refractivity contribution in [3.8, 4) is 0 Å². The van der Waals surface area contributed by atoms with Gasteiger partial charge < -0.3 is 15.0 Å². The number of hydrogen-bond acceptors (Lipinski definition) is 2. The maximum Gasteiger partial charge on any atom is 0.193 e. The molecule has 3 aliphatic carbocycles. The van der Waals surface area contributed by atoms with E-state index in [1.807, 2.05) is 7.05 Å². The molecule has 1 N–H and O–H groups in total. The van der Waals surface area contributed by atoms with Crippen molar-refractivity contribution in [1.29, 1.82) is 0 Å². The highest BCUT2D eigenvalue weighted by Gasteiger charge is 2.43. The van der Waals surface area contributed by atoms with Crippen LogP contribution in [0.15, 0.2) is 4.99 Å². The van der Waals surface area contributed by atoms with Gasteiger partial charge in [0.15, 0.2) is 5.96 Å². The van der Waals surface area contributed by atoms with E-state index in [2.05, 4.69) is 22.3 Å². The van der Waals surface area contributed by atoms with Gasteiger partial charge in [-0.25, -0.2) is 0 Å². The molecular weight excluding hydrogens is 401 g/mol. The van der Waals surface area contributed by atoms with Crippen LogP contribution in [0.1, 0.15) is 51.4 Å². The third-order valence-corrected chi connectivity index (χ3v) is 5.60. The standard InChI is InChI=1S/C18H33N3O.HI/c1-19-18(21(2)10-11-22-13-14-8-9-14)20-17-12-16(17)15-6-4-3-5-7-15;/h14-17H,3-13H2,1-2H3,(H,19,20);1H. The summed E-state index contributed by atoms with van der Waals surface area (Å²) in [5, 5.41) is 3.67. The minimum atomic E-state index is 0. The quantitative estimate of drug-likeness (QED) is 0.288. The molecule has 0 radical (unpaired) electrons. The number of rotatable bonds is 7. The van der Waals surface area contributed by atoms with E-state index in [4.69, 9.17) is 4.74 Å². The molecule has 0 spiro atoms. The van der Waals surface area contributed by atoms with E-state index in [-0.39, 0.29) is 24.0 Å². The van der Waals surface area contributed by atoms with E-state index < -0.39 is 0 Å². The highest BCUT2D eigenvalue weighted by atomic mass is 127. The molecule has 0 amide bonds. The van der Waals surface area contributed by atoms with Gasteiger partial charge in [0.25, 0.3) is 0 Å². The second-order valence-electron chi connectivity index (χ2n) is 7.54. The predicted molar refractivity (Wildman–Crippen MR) is 107 cm³/mol. The Kier molecular flexibility index (Phi) is 7.92. The molecule has 3 rings (SSSR count). The van der Waals surface area contributed by atoms with Crippen LogP contribution in [0.2, 0.25) is 0 Å². The van der Waals surface area contributed by atoms with Crippen molar-refractivity contribution in [2.45, 2.75) is 57.4 Å². The molecule has 0 aromatic carbocycles. The van der Waals surface area contributed by atoms with Gasteiger partial charge in [-0.3, -0.25) is 4.99 Å². The molecule has 0 heterocycles. The summed E-state index contributed by atoms with van der Waals surface area (Å²) in [6.45, 7) is 2.68. The Balaban J connectivity index is 0.00000192. The van der Waals surface area contributed by atoms with E-state index in [1.165, 1.54) is 51.4 Å². The first-order chi connectivity index (χ1) is 10.8. The van der Waals surface area contributed by atoms with Crippen LogP contribution in [0.5, 0.6) is 0 Å². The Morgan fingerprint density at radius 2 is 1.91 bits per heavy atom. The number of hydrogen-bond donors (Lipinski definition) is 1. The van der Waals surface area contributed by atoms with Crippen molar-refractivity contribution in [2.75, 3.05) is 33.9 Å². The van der Waals surface area contributed by atoms with Crippen LogP contribution in [-0.2, 0) is 4.74 Å². The molecule has 134 valence electrons. The molecule has 2 unspecified atom stereocenters. The minimum absolute atomic E-state index is 0. The SMILES string of the molecule is CN=C(NC1CC1C1CCCCC1)N(C)CCOCC1CC1.I. The first kappa shape index (κ1) is 19.3. The highest BCUT2D eigenvalue weighted by Crippen LogP contribution is 2.44. The Bertz CT molecular complexity index is 380. The van der Waals surface area contributed by atoms with Gasteiger partial charge in [-0.1, -0.05) is 32.1 Å². The summed E-state index contributed by atoms with van der Waals surface area (Å²) in [6.07, 6.45) is 11.3. The summed E-state index contributed by atoms with van der Waals surface area (Å²) >= 11 is 0. The molecule has 2 atom stereocenters. The molecule has 3 aliphatic rings. The minimum Gasteiger partial charge on any atom is -0.379 e. The van der Waals surface area contributed by atoms with Crippen molar-refractivity contribution in [3.63, 3.8) is 0 Å². The lowest BCUT2D eigenvalue weighted by Gasteiger charge is -2.24. The average molecular weight is 435 g/mol. The second kappa shape index (κ2) is 9.44. The van der Waals surface area contributed by atoms with Gasteiger partial charge in [0.05, 0.1) is 6.61 Å². The fraction of sp³-hybridized carbons (Fsp3) is 0.944. The highest BCUT2D eigenvalue weighted by molar-refractivity contribution is 14.0. The molecule has 4 nitrogen and oxygen atoms in total. The number of ether oxygens (including phenoxy) is 1. The fourth-order valence-electron chi connectivity index (χ4n) is 3.82. The van der Waals surface area contributed by atoms with Crippen molar-refractivity contribution in [1.82, 2.24) is 10.2 Å². The average Bonchev–Trinajstić information content (AvgIpc) is 3.45. The normalized spacial score (nSPS) is 28.2. The third-order valence-electron chi connectivity index (χ3n) is 5.60. The smallest absolute Gasteiger partial charge is 0.193 e. The molecule has 3 saturated carbocycles. The van der Waals surface area contributed by atoms with E-state index in [1.54, 1.807) is 0 Å². The molecule has 5 heteroatoms. The van der Waals surface area contributed by atoms with Gasteiger partial charge in [-0.05, 0) is 37.0 Å². The zero-order valence-electron chi connectivity index (χ0n) is 14.8. The Hall–Kier alpha value is -0.0400. The van der Waals surface area contributed by atoms with E-state index in [0.29, 0.717) is 6.04 Å². The van der Waals surface area contributed by atoms with Gasteiger partial charge in [0.2, 0.25) is 0 Å². The lowest BCUT2D eigenvalue weighted by atomic mass is 9.85. The molecule has 0 aliphatic heterocycles. The van der Waals surface area contributed by atoms with Gasteiger partial charge in [0, 0.05) is 33.3 Å². The van der Waals surface area contributed by atoms with Gasteiger partial charge in [-0.2, -0.15) is 0 Å². The van der Waals surface area contributed by atoms with Crippen molar-refractivity contribution in [2.24, 2.45) is 22.7 Å². The largest absolute Gasteiger partial charge is 0.379 e. The molecule has 0 aromatic rings. The lowest BCUT2D eigenvalue weighted by molar-refractivity contribution is 0.115. The second-order valence-corrected chi connectivity index (χ2v) is 7.54. The van der Waals surface area contributed by atoms with Crippen LogP contribution in [0.4, 0.5) is 0 Å². The number of halogens is 1. The molecule has 3 fully saturated rings. The van der Waals surface area contributed by atoms with Crippen LogP contribution >= 0.6 is 24.0 Å².